The molecular formula is C27H30N2O6. The van der Waals surface area contributed by atoms with Crippen LogP contribution in [0.5, 0.6) is 0 Å². The van der Waals surface area contributed by atoms with E-state index in [1.54, 1.807) is 0 Å². The van der Waals surface area contributed by atoms with Crippen molar-refractivity contribution in [3.8, 4) is 11.1 Å². The first kappa shape index (κ1) is 23.4. The van der Waals surface area contributed by atoms with Gasteiger partial charge < -0.3 is 25.2 Å². The van der Waals surface area contributed by atoms with Crippen molar-refractivity contribution in [1.82, 2.24) is 10.6 Å². The molecule has 35 heavy (non-hydrogen) atoms. The van der Waals surface area contributed by atoms with E-state index < -0.39 is 18.2 Å². The Bertz CT molecular complexity index is 1090. The predicted molar refractivity (Wildman–Crippen MR) is 128 cm³/mol. The van der Waals surface area contributed by atoms with Gasteiger partial charge in [-0.3, -0.25) is 4.79 Å². The van der Waals surface area contributed by atoms with Crippen LogP contribution in [-0.2, 0) is 19.1 Å². The molecule has 0 radical (unpaired) electrons. The van der Waals surface area contributed by atoms with Crippen LogP contribution in [0.3, 0.4) is 0 Å². The minimum atomic E-state index is -1.10. The van der Waals surface area contributed by atoms with E-state index in [0.29, 0.717) is 12.3 Å². The molecule has 0 aliphatic heterocycles. The molecule has 0 bridgehead atoms. The minimum absolute atomic E-state index is 0.000747. The number of carboxylic acid groups (broad SMARTS) is 1. The average molecular weight is 479 g/mol. The Morgan fingerprint density at radius 2 is 1.66 bits per heavy atom. The van der Waals surface area contributed by atoms with Crippen molar-refractivity contribution in [3.05, 3.63) is 59.7 Å². The molecule has 5 unspecified atom stereocenters. The van der Waals surface area contributed by atoms with Gasteiger partial charge in [-0.15, -0.1) is 0 Å². The number of aliphatic carboxylic acids is 1. The van der Waals surface area contributed by atoms with Gasteiger partial charge in [0.1, 0.15) is 6.61 Å². The smallest absolute Gasteiger partial charge is 0.407 e. The second-order valence-corrected chi connectivity index (χ2v) is 9.71. The molecule has 2 aromatic carbocycles. The summed E-state index contributed by atoms with van der Waals surface area (Å²) in [5, 5.41) is 14.7. The number of carbonyl (C=O) groups is 3. The van der Waals surface area contributed by atoms with Crippen LogP contribution in [0.2, 0.25) is 0 Å². The minimum Gasteiger partial charge on any atom is -0.479 e. The van der Waals surface area contributed by atoms with Crippen molar-refractivity contribution in [2.24, 2.45) is 17.8 Å². The van der Waals surface area contributed by atoms with Crippen LogP contribution >= 0.6 is 0 Å². The number of rotatable bonds is 8. The van der Waals surface area contributed by atoms with E-state index >= 15 is 0 Å². The predicted octanol–water partition coefficient (Wildman–Crippen LogP) is 3.16. The molecule has 8 nitrogen and oxygen atoms in total. The van der Waals surface area contributed by atoms with E-state index in [0.717, 1.165) is 12.8 Å². The zero-order valence-electron chi connectivity index (χ0n) is 19.6. The third-order valence-electron chi connectivity index (χ3n) is 7.86. The largest absolute Gasteiger partial charge is 0.479 e. The summed E-state index contributed by atoms with van der Waals surface area (Å²) in [5.41, 5.74) is 4.73. The SMILES string of the molecule is COC(CNC(=O)C1CC2CC(NC(=O)OCC3c4ccccc4-c4ccccc43)C2C1)C(=O)O. The van der Waals surface area contributed by atoms with Gasteiger partial charge in [-0.25, -0.2) is 9.59 Å². The number of fused-ring (bicyclic) bond motifs is 4. The van der Waals surface area contributed by atoms with E-state index in [1.165, 1.54) is 29.4 Å². The highest BCUT2D eigenvalue weighted by atomic mass is 16.5. The average Bonchev–Trinajstić information content (AvgIpc) is 3.36. The first-order valence-electron chi connectivity index (χ1n) is 12.1. The Hall–Kier alpha value is -3.39. The molecule has 3 N–H and O–H groups in total. The van der Waals surface area contributed by atoms with Crippen LogP contribution in [0.1, 0.15) is 36.3 Å². The lowest BCUT2D eigenvalue weighted by Gasteiger charge is -2.40. The fourth-order valence-corrected chi connectivity index (χ4v) is 6.01. The monoisotopic (exact) mass is 478 g/mol. The van der Waals surface area contributed by atoms with Gasteiger partial charge in [0.25, 0.3) is 0 Å². The van der Waals surface area contributed by atoms with Gasteiger partial charge in [-0.05, 0) is 53.4 Å². The molecule has 2 saturated carbocycles. The summed E-state index contributed by atoms with van der Waals surface area (Å²) in [6, 6.07) is 16.5. The third kappa shape index (κ3) is 4.50. The van der Waals surface area contributed by atoms with Crippen LogP contribution in [0.4, 0.5) is 4.79 Å². The number of hydrogen-bond donors (Lipinski definition) is 3. The molecule has 8 heteroatoms. The van der Waals surface area contributed by atoms with Gasteiger partial charge in [0.15, 0.2) is 6.10 Å². The Morgan fingerprint density at radius 3 is 2.29 bits per heavy atom. The Kier molecular flexibility index (Phi) is 6.47. The summed E-state index contributed by atoms with van der Waals surface area (Å²) in [5.74, 6) is -0.783. The number of carbonyl (C=O) groups excluding carboxylic acids is 2. The van der Waals surface area contributed by atoms with Crippen LogP contribution in [0, 0.1) is 17.8 Å². The van der Waals surface area contributed by atoms with Gasteiger partial charge in [-0.1, -0.05) is 48.5 Å². The number of carboxylic acids is 1. The Labute approximate surface area is 204 Å². The number of hydrogen-bond acceptors (Lipinski definition) is 5. The van der Waals surface area contributed by atoms with Gasteiger partial charge >= 0.3 is 12.1 Å². The van der Waals surface area contributed by atoms with Crippen LogP contribution in [0.15, 0.2) is 48.5 Å². The van der Waals surface area contributed by atoms with Crippen molar-refractivity contribution in [1.29, 1.82) is 0 Å². The molecule has 5 atom stereocenters. The van der Waals surface area contributed by atoms with Crippen LogP contribution < -0.4 is 10.6 Å². The number of alkyl carbamates (subject to hydrolysis) is 1. The van der Waals surface area contributed by atoms with Gasteiger partial charge in [0.2, 0.25) is 5.91 Å². The first-order chi connectivity index (χ1) is 17.0. The highest BCUT2D eigenvalue weighted by Gasteiger charge is 2.50. The molecule has 3 aliphatic rings. The zero-order chi connectivity index (χ0) is 24.5. The summed E-state index contributed by atoms with van der Waals surface area (Å²) in [7, 11) is 1.31. The third-order valence-corrected chi connectivity index (χ3v) is 7.86. The van der Waals surface area contributed by atoms with Crippen molar-refractivity contribution in [2.45, 2.75) is 37.3 Å². The number of methoxy groups -OCH3 is 1. The summed E-state index contributed by atoms with van der Waals surface area (Å²) < 4.78 is 10.5. The molecule has 184 valence electrons. The number of benzene rings is 2. The van der Waals surface area contributed by atoms with E-state index in [1.807, 2.05) is 24.3 Å². The second kappa shape index (κ2) is 9.70. The summed E-state index contributed by atoms with van der Waals surface area (Å²) in [4.78, 5) is 36.2. The van der Waals surface area contributed by atoms with E-state index in [-0.39, 0.29) is 42.9 Å². The molecule has 3 aliphatic carbocycles. The molecule has 0 spiro atoms. The quantitative estimate of drug-likeness (QED) is 0.537. The maximum atomic E-state index is 12.6. The fourth-order valence-electron chi connectivity index (χ4n) is 6.01. The van der Waals surface area contributed by atoms with Crippen LogP contribution in [0.25, 0.3) is 11.1 Å². The zero-order valence-corrected chi connectivity index (χ0v) is 19.6. The molecule has 0 heterocycles. The first-order valence-corrected chi connectivity index (χ1v) is 12.1. The van der Waals surface area contributed by atoms with Gasteiger partial charge in [0.05, 0.1) is 6.54 Å². The lowest BCUT2D eigenvalue weighted by molar-refractivity contribution is -0.148. The highest BCUT2D eigenvalue weighted by Crippen LogP contribution is 2.50. The molecule has 0 aromatic heterocycles. The topological polar surface area (TPSA) is 114 Å². The highest BCUT2D eigenvalue weighted by molar-refractivity contribution is 5.81. The molecule has 2 aromatic rings. The summed E-state index contributed by atoms with van der Waals surface area (Å²) in [6.07, 6.45) is 0.779. The summed E-state index contributed by atoms with van der Waals surface area (Å²) in [6.45, 7) is 0.216. The fraction of sp³-hybridized carbons (Fsp3) is 0.444. The molecule has 0 saturated heterocycles. The maximum Gasteiger partial charge on any atom is 0.407 e. The van der Waals surface area contributed by atoms with E-state index in [2.05, 4.69) is 34.9 Å². The van der Waals surface area contributed by atoms with Crippen LogP contribution in [-0.4, -0.2) is 55.5 Å². The van der Waals surface area contributed by atoms with Crippen molar-refractivity contribution in [2.75, 3.05) is 20.3 Å². The molecule has 2 amide bonds. The Balaban J connectivity index is 1.11. The number of nitrogens with one attached hydrogen (secondary N) is 2. The summed E-state index contributed by atoms with van der Waals surface area (Å²) >= 11 is 0. The number of amides is 2. The number of ether oxygens (including phenoxy) is 2. The molecule has 5 rings (SSSR count). The second-order valence-electron chi connectivity index (χ2n) is 9.71. The Morgan fingerprint density at radius 1 is 1.00 bits per heavy atom. The van der Waals surface area contributed by atoms with Crippen molar-refractivity contribution in [3.63, 3.8) is 0 Å². The lowest BCUT2D eigenvalue weighted by atomic mass is 9.71. The lowest BCUT2D eigenvalue weighted by Crippen LogP contribution is -2.50. The van der Waals surface area contributed by atoms with Gasteiger partial charge in [-0.2, -0.15) is 0 Å². The van der Waals surface area contributed by atoms with Gasteiger partial charge in [0, 0.05) is 25.0 Å². The van der Waals surface area contributed by atoms with E-state index in [9.17, 15) is 14.4 Å². The normalized spacial score (nSPS) is 24.9. The van der Waals surface area contributed by atoms with E-state index in [4.69, 9.17) is 14.6 Å². The molecular weight excluding hydrogens is 448 g/mol. The maximum absolute atomic E-state index is 12.6. The standard InChI is InChI=1S/C27H30N2O6/c1-34-24(26(31)32)13-28-25(30)16-10-15-12-23(21(15)11-16)29-27(33)35-14-22-19-8-4-2-6-17(19)18-7-3-5-9-20(18)22/h2-9,15-16,21-24H,10-14H2,1H3,(H,28,30)(H,29,33)(H,31,32). The van der Waals surface area contributed by atoms with Crippen molar-refractivity contribution < 1.29 is 29.0 Å². The van der Waals surface area contributed by atoms with Crippen molar-refractivity contribution >= 4 is 18.0 Å². The molecule has 2 fully saturated rings.